The molecular weight excluding hydrogens is 200 g/mol. The normalized spacial score (nSPS) is 14.1. The zero-order chi connectivity index (χ0) is 11.0. The van der Waals surface area contributed by atoms with Gasteiger partial charge in [0, 0.05) is 29.4 Å². The van der Waals surface area contributed by atoms with E-state index in [1.807, 2.05) is 6.07 Å². The molecule has 2 unspecified atom stereocenters. The Balaban J connectivity index is 3.64. The lowest BCUT2D eigenvalue weighted by molar-refractivity contribution is -0.123. The Kier molecular flexibility index (Phi) is 7.03. The molecule has 0 aliphatic heterocycles. The molecule has 1 N–H and O–H groups in total. The Morgan fingerprint density at radius 2 is 2.29 bits per heavy atom. The van der Waals surface area contributed by atoms with Crippen molar-refractivity contribution in [3.8, 4) is 6.07 Å². The van der Waals surface area contributed by atoms with E-state index in [1.165, 1.54) is 0 Å². The summed E-state index contributed by atoms with van der Waals surface area (Å²) < 4.78 is 10.7. The second-order valence-electron chi connectivity index (χ2n) is 3.01. The lowest BCUT2D eigenvalue weighted by Crippen LogP contribution is -2.30. The van der Waals surface area contributed by atoms with Crippen LogP contribution in [0.25, 0.3) is 0 Å². The van der Waals surface area contributed by atoms with Gasteiger partial charge in [0.05, 0.1) is 6.07 Å². The second kappa shape index (κ2) is 7.51. The fraction of sp³-hybridized carbons (Fsp3) is 0.778. The van der Waals surface area contributed by atoms with Crippen molar-refractivity contribution in [3.63, 3.8) is 0 Å². The van der Waals surface area contributed by atoms with E-state index < -0.39 is 16.7 Å². The average molecular weight is 216 g/mol. The van der Waals surface area contributed by atoms with Crippen molar-refractivity contribution in [2.75, 3.05) is 18.6 Å². The third kappa shape index (κ3) is 5.70. The molecule has 0 saturated heterocycles. The van der Waals surface area contributed by atoms with Crippen LogP contribution in [0, 0.1) is 17.2 Å². The molecule has 0 aliphatic carbocycles. The first-order chi connectivity index (χ1) is 6.61. The number of carbonyl (C=O) groups excluding carboxylic acids is 1. The van der Waals surface area contributed by atoms with Crippen LogP contribution in [0.15, 0.2) is 0 Å². The van der Waals surface area contributed by atoms with E-state index in [9.17, 15) is 9.00 Å². The van der Waals surface area contributed by atoms with E-state index in [0.717, 1.165) is 0 Å². The fourth-order valence-electron chi connectivity index (χ4n) is 0.946. The Hall–Kier alpha value is -0.890. The molecule has 0 fully saturated rings. The van der Waals surface area contributed by atoms with Gasteiger partial charge in [-0.15, -0.1) is 0 Å². The summed E-state index contributed by atoms with van der Waals surface area (Å²) in [7, 11) is -0.811. The number of amides is 1. The van der Waals surface area contributed by atoms with Crippen molar-refractivity contribution in [2.45, 2.75) is 19.8 Å². The zero-order valence-corrected chi connectivity index (χ0v) is 9.39. The van der Waals surface area contributed by atoms with Crippen LogP contribution in [0.4, 0.5) is 0 Å². The molecule has 0 aromatic rings. The molecular formula is C9H16N2O2S. The van der Waals surface area contributed by atoms with E-state index in [0.29, 0.717) is 25.1 Å². The van der Waals surface area contributed by atoms with Crippen molar-refractivity contribution in [2.24, 2.45) is 5.92 Å². The minimum absolute atomic E-state index is 0.225. The van der Waals surface area contributed by atoms with Gasteiger partial charge < -0.3 is 5.32 Å². The number of nitriles is 1. The Morgan fingerprint density at radius 1 is 1.64 bits per heavy atom. The van der Waals surface area contributed by atoms with Crippen LogP contribution in [0.3, 0.4) is 0 Å². The standard InChI is InChI=1S/C9H16N2O2S/c1-3-8(7-10)9(12)11-5-4-6-14(2)13/h8H,3-6H2,1-2H3,(H,11,12). The predicted octanol–water partition coefficient (Wildman–Crippen LogP) is 0.421. The first kappa shape index (κ1) is 13.1. The summed E-state index contributed by atoms with van der Waals surface area (Å²) in [6.45, 7) is 2.30. The highest BCUT2D eigenvalue weighted by Crippen LogP contribution is 1.99. The van der Waals surface area contributed by atoms with E-state index in [4.69, 9.17) is 5.26 Å². The van der Waals surface area contributed by atoms with Gasteiger partial charge in [0.25, 0.3) is 0 Å². The monoisotopic (exact) mass is 216 g/mol. The number of hydrogen-bond acceptors (Lipinski definition) is 3. The first-order valence-electron chi connectivity index (χ1n) is 4.59. The molecule has 0 spiro atoms. The van der Waals surface area contributed by atoms with E-state index >= 15 is 0 Å². The van der Waals surface area contributed by atoms with Crippen LogP contribution in [0.1, 0.15) is 19.8 Å². The van der Waals surface area contributed by atoms with Crippen LogP contribution in [0.5, 0.6) is 0 Å². The van der Waals surface area contributed by atoms with Gasteiger partial charge in [-0.2, -0.15) is 5.26 Å². The van der Waals surface area contributed by atoms with Gasteiger partial charge in [-0.1, -0.05) is 6.92 Å². The minimum atomic E-state index is -0.811. The first-order valence-corrected chi connectivity index (χ1v) is 6.31. The number of nitrogens with zero attached hydrogens (tertiary/aromatic N) is 1. The van der Waals surface area contributed by atoms with Gasteiger partial charge in [-0.3, -0.25) is 9.00 Å². The number of nitrogens with one attached hydrogen (secondary N) is 1. The smallest absolute Gasteiger partial charge is 0.237 e. The largest absolute Gasteiger partial charge is 0.355 e. The van der Waals surface area contributed by atoms with Gasteiger partial charge in [0.2, 0.25) is 5.91 Å². The van der Waals surface area contributed by atoms with E-state index in [2.05, 4.69) is 5.32 Å². The highest BCUT2D eigenvalue weighted by molar-refractivity contribution is 7.84. The van der Waals surface area contributed by atoms with Crippen LogP contribution in [0.2, 0.25) is 0 Å². The summed E-state index contributed by atoms with van der Waals surface area (Å²) in [5, 5.41) is 11.2. The lowest BCUT2D eigenvalue weighted by atomic mass is 10.1. The summed E-state index contributed by atoms with van der Waals surface area (Å²) >= 11 is 0. The average Bonchev–Trinajstić information content (AvgIpc) is 2.14. The maximum absolute atomic E-state index is 11.2. The molecule has 0 heterocycles. The predicted molar refractivity (Wildman–Crippen MR) is 56.0 cm³/mol. The molecule has 0 aromatic heterocycles. The third-order valence-electron chi connectivity index (χ3n) is 1.79. The highest BCUT2D eigenvalue weighted by atomic mass is 32.2. The third-order valence-corrected chi connectivity index (χ3v) is 2.65. The zero-order valence-electron chi connectivity index (χ0n) is 8.58. The molecule has 0 aliphatic rings. The molecule has 80 valence electrons. The Morgan fingerprint density at radius 3 is 2.71 bits per heavy atom. The van der Waals surface area contributed by atoms with E-state index in [-0.39, 0.29) is 5.91 Å². The molecule has 0 rings (SSSR count). The van der Waals surface area contributed by atoms with Crippen molar-refractivity contribution < 1.29 is 9.00 Å². The van der Waals surface area contributed by atoms with Gasteiger partial charge >= 0.3 is 0 Å². The SMILES string of the molecule is CCC(C#N)C(=O)NCCCS(C)=O. The van der Waals surface area contributed by atoms with Crippen LogP contribution in [-0.2, 0) is 15.6 Å². The molecule has 0 saturated carbocycles. The maximum atomic E-state index is 11.2. The summed E-state index contributed by atoms with van der Waals surface area (Å²) in [5.41, 5.74) is 0. The van der Waals surface area contributed by atoms with Crippen molar-refractivity contribution in [1.82, 2.24) is 5.32 Å². The van der Waals surface area contributed by atoms with Gasteiger partial charge in [-0.25, -0.2) is 0 Å². The molecule has 1 amide bonds. The quantitative estimate of drug-likeness (QED) is 0.654. The Labute approximate surface area is 87.1 Å². The summed E-state index contributed by atoms with van der Waals surface area (Å²) in [5.74, 6) is -0.192. The molecule has 0 radical (unpaired) electrons. The van der Waals surface area contributed by atoms with Crippen molar-refractivity contribution >= 4 is 16.7 Å². The number of rotatable bonds is 6. The van der Waals surface area contributed by atoms with Crippen LogP contribution < -0.4 is 5.32 Å². The van der Waals surface area contributed by atoms with Crippen LogP contribution in [-0.4, -0.2) is 28.7 Å². The van der Waals surface area contributed by atoms with Crippen LogP contribution >= 0.6 is 0 Å². The Bertz CT molecular complexity index is 248. The van der Waals surface area contributed by atoms with Crippen molar-refractivity contribution in [1.29, 1.82) is 5.26 Å². The highest BCUT2D eigenvalue weighted by Gasteiger charge is 2.13. The van der Waals surface area contributed by atoms with Crippen molar-refractivity contribution in [3.05, 3.63) is 0 Å². The molecule has 0 aromatic carbocycles. The molecule has 14 heavy (non-hydrogen) atoms. The maximum Gasteiger partial charge on any atom is 0.237 e. The molecule has 0 bridgehead atoms. The van der Waals surface area contributed by atoms with Gasteiger partial charge in [-0.05, 0) is 12.8 Å². The molecule has 4 nitrogen and oxygen atoms in total. The molecule has 5 heteroatoms. The minimum Gasteiger partial charge on any atom is -0.355 e. The number of carbonyl (C=O) groups is 1. The summed E-state index contributed by atoms with van der Waals surface area (Å²) in [6.07, 6.45) is 2.85. The summed E-state index contributed by atoms with van der Waals surface area (Å²) in [4.78, 5) is 11.2. The van der Waals surface area contributed by atoms with Gasteiger partial charge in [0.1, 0.15) is 5.92 Å². The van der Waals surface area contributed by atoms with E-state index in [1.54, 1.807) is 13.2 Å². The summed E-state index contributed by atoms with van der Waals surface area (Å²) in [6, 6.07) is 1.93. The van der Waals surface area contributed by atoms with Gasteiger partial charge in [0.15, 0.2) is 0 Å². The lowest BCUT2D eigenvalue weighted by Gasteiger charge is -2.07. The fourth-order valence-corrected chi connectivity index (χ4v) is 1.50. The number of hydrogen-bond donors (Lipinski definition) is 1. The molecule has 2 atom stereocenters. The topological polar surface area (TPSA) is 70.0 Å². The second-order valence-corrected chi connectivity index (χ2v) is 4.57.